The first-order chi connectivity index (χ1) is 10.6. The van der Waals surface area contributed by atoms with Gasteiger partial charge >= 0.3 is 0 Å². The van der Waals surface area contributed by atoms with Crippen molar-refractivity contribution in [1.82, 2.24) is 0 Å². The fourth-order valence-electron chi connectivity index (χ4n) is 4.23. The average Bonchev–Trinajstić information content (AvgIpc) is 3.14. The van der Waals surface area contributed by atoms with E-state index in [1.165, 1.54) is 0 Å². The van der Waals surface area contributed by atoms with Gasteiger partial charge in [-0.2, -0.15) is 5.26 Å². The molecule has 1 heterocycles. The first kappa shape index (κ1) is 13.3. The zero-order chi connectivity index (χ0) is 15.3. The molecule has 3 heteroatoms. The van der Waals surface area contributed by atoms with Gasteiger partial charge in [-0.3, -0.25) is 9.69 Å². The molecular formula is C19H18N2O. The van der Waals surface area contributed by atoms with Crippen molar-refractivity contribution in [3.8, 4) is 6.07 Å². The molecule has 1 saturated carbocycles. The van der Waals surface area contributed by atoms with E-state index in [2.05, 4.69) is 25.1 Å². The van der Waals surface area contributed by atoms with Crippen molar-refractivity contribution in [2.75, 3.05) is 4.90 Å². The molecule has 1 aromatic rings. The second kappa shape index (κ2) is 4.58. The van der Waals surface area contributed by atoms with Crippen LogP contribution in [0.4, 0.5) is 5.69 Å². The molecule has 1 amide bonds. The molecule has 0 saturated heterocycles. The van der Waals surface area contributed by atoms with E-state index < -0.39 is 6.04 Å². The van der Waals surface area contributed by atoms with Crippen LogP contribution < -0.4 is 4.90 Å². The summed E-state index contributed by atoms with van der Waals surface area (Å²) in [6, 6.07) is 9.56. The van der Waals surface area contributed by atoms with Crippen LogP contribution in [0.15, 0.2) is 42.5 Å². The van der Waals surface area contributed by atoms with E-state index in [4.69, 9.17) is 0 Å². The molecule has 0 radical (unpaired) electrons. The maximum absolute atomic E-state index is 13.4. The summed E-state index contributed by atoms with van der Waals surface area (Å²) in [5.74, 6) is 0.921. The molecule has 0 spiro atoms. The fourth-order valence-corrected chi connectivity index (χ4v) is 4.23. The fraction of sp³-hybridized carbons (Fsp3) is 0.368. The number of nitrogens with zero attached hydrogens (tertiary/aromatic N) is 2. The van der Waals surface area contributed by atoms with Crippen molar-refractivity contribution in [1.29, 1.82) is 5.26 Å². The zero-order valence-electron chi connectivity index (χ0n) is 12.6. The Bertz CT molecular complexity index is 742. The average molecular weight is 290 g/mol. The van der Waals surface area contributed by atoms with Gasteiger partial charge in [0.15, 0.2) is 0 Å². The Hall–Kier alpha value is -2.34. The topological polar surface area (TPSA) is 44.1 Å². The summed E-state index contributed by atoms with van der Waals surface area (Å²) in [4.78, 5) is 15.1. The Balaban J connectivity index is 1.77. The highest BCUT2D eigenvalue weighted by Gasteiger charge is 2.52. The third-order valence-electron chi connectivity index (χ3n) is 5.45. The van der Waals surface area contributed by atoms with Crippen LogP contribution in [0, 0.1) is 28.6 Å². The predicted molar refractivity (Wildman–Crippen MR) is 85.8 cm³/mol. The number of hydrogen-bond donors (Lipinski definition) is 0. The van der Waals surface area contributed by atoms with Crippen LogP contribution >= 0.6 is 0 Å². The molecule has 1 fully saturated rings. The van der Waals surface area contributed by atoms with Crippen LogP contribution in [0.5, 0.6) is 0 Å². The number of rotatable bonds is 1. The number of carbonyl (C=O) groups is 1. The Morgan fingerprint density at radius 3 is 2.82 bits per heavy atom. The molecule has 4 atom stereocenters. The van der Waals surface area contributed by atoms with Crippen LogP contribution in [0.1, 0.15) is 25.3 Å². The first-order valence-electron chi connectivity index (χ1n) is 7.82. The molecule has 22 heavy (non-hydrogen) atoms. The second-order valence-corrected chi connectivity index (χ2v) is 6.78. The summed E-state index contributed by atoms with van der Waals surface area (Å²) < 4.78 is 0. The number of fused-ring (bicyclic) bond motifs is 3. The number of anilines is 1. The summed E-state index contributed by atoms with van der Waals surface area (Å²) in [5, 5.41) is 9.49. The van der Waals surface area contributed by atoms with Gasteiger partial charge in [-0.1, -0.05) is 43.4 Å². The molecule has 0 unspecified atom stereocenters. The summed E-state index contributed by atoms with van der Waals surface area (Å²) in [7, 11) is 0. The van der Waals surface area contributed by atoms with Gasteiger partial charge in [-0.15, -0.1) is 0 Å². The molecular weight excluding hydrogens is 272 g/mol. The maximum atomic E-state index is 13.4. The minimum absolute atomic E-state index is 0.0905. The van der Waals surface area contributed by atoms with Gasteiger partial charge in [-0.25, -0.2) is 0 Å². The van der Waals surface area contributed by atoms with E-state index in [1.807, 2.05) is 36.4 Å². The predicted octanol–water partition coefficient (Wildman–Crippen LogP) is 3.54. The lowest BCUT2D eigenvalue weighted by atomic mass is 9.75. The quantitative estimate of drug-likeness (QED) is 0.742. The lowest BCUT2D eigenvalue weighted by Gasteiger charge is -2.39. The molecule has 3 aliphatic rings. The number of carbonyl (C=O) groups excluding carboxylic acids is 1. The Morgan fingerprint density at radius 1 is 1.32 bits per heavy atom. The van der Waals surface area contributed by atoms with Crippen LogP contribution in [0.25, 0.3) is 6.08 Å². The van der Waals surface area contributed by atoms with Crippen LogP contribution in [-0.2, 0) is 4.79 Å². The minimum atomic E-state index is -0.512. The van der Waals surface area contributed by atoms with Crippen LogP contribution in [-0.4, -0.2) is 11.9 Å². The van der Waals surface area contributed by atoms with E-state index in [1.54, 1.807) is 4.90 Å². The number of para-hydroxylation sites is 1. The van der Waals surface area contributed by atoms with Gasteiger partial charge in [0.2, 0.25) is 5.91 Å². The van der Waals surface area contributed by atoms with Gasteiger partial charge in [0.05, 0.1) is 17.2 Å². The highest BCUT2D eigenvalue weighted by atomic mass is 16.2. The smallest absolute Gasteiger partial charge is 0.234 e. The largest absolute Gasteiger partial charge is 0.291 e. The maximum Gasteiger partial charge on any atom is 0.234 e. The number of amides is 1. The number of benzene rings is 1. The van der Waals surface area contributed by atoms with E-state index in [9.17, 15) is 10.1 Å². The zero-order valence-corrected chi connectivity index (χ0v) is 12.6. The monoisotopic (exact) mass is 290 g/mol. The highest BCUT2D eigenvalue weighted by molar-refractivity contribution is 6.02. The molecule has 1 aliphatic heterocycles. The van der Waals surface area contributed by atoms with Gasteiger partial charge in [-0.05, 0) is 42.4 Å². The van der Waals surface area contributed by atoms with Crippen molar-refractivity contribution in [3.05, 3.63) is 48.1 Å². The summed E-state index contributed by atoms with van der Waals surface area (Å²) in [6.45, 7) is 2.07. The van der Waals surface area contributed by atoms with Gasteiger partial charge in [0.1, 0.15) is 6.04 Å². The number of allylic oxidation sites excluding steroid dienone is 2. The summed E-state index contributed by atoms with van der Waals surface area (Å²) >= 11 is 0. The first-order valence-corrected chi connectivity index (χ1v) is 7.82. The molecule has 110 valence electrons. The molecule has 1 aromatic carbocycles. The van der Waals surface area contributed by atoms with Crippen molar-refractivity contribution in [2.24, 2.45) is 17.3 Å². The minimum Gasteiger partial charge on any atom is -0.291 e. The molecule has 4 rings (SSSR count). The van der Waals surface area contributed by atoms with E-state index in [0.717, 1.165) is 24.1 Å². The van der Waals surface area contributed by atoms with Gasteiger partial charge < -0.3 is 0 Å². The Morgan fingerprint density at radius 2 is 2.14 bits per heavy atom. The molecule has 3 nitrogen and oxygen atoms in total. The summed E-state index contributed by atoms with van der Waals surface area (Å²) in [5.41, 5.74) is 1.48. The Labute approximate surface area is 130 Å². The third-order valence-corrected chi connectivity index (χ3v) is 5.45. The van der Waals surface area contributed by atoms with Crippen molar-refractivity contribution in [3.63, 3.8) is 0 Å². The molecule has 2 bridgehead atoms. The van der Waals surface area contributed by atoms with Crippen molar-refractivity contribution >= 4 is 17.7 Å². The number of hydrogen-bond acceptors (Lipinski definition) is 2. The van der Waals surface area contributed by atoms with Gasteiger partial charge in [0, 0.05) is 0 Å². The molecule has 0 N–H and O–H groups in total. The van der Waals surface area contributed by atoms with E-state index >= 15 is 0 Å². The standard InChI is InChI=1S/C19H18N2O/c1-19(11-13-6-8-15(19)10-13)18(22)21-16(12-20)9-7-14-4-2-3-5-17(14)21/h2-9,13,15-16H,10-11H2,1H3/t13-,15-,16+,19+/m0/s1. The Kier molecular flexibility index (Phi) is 2.77. The molecule has 0 aromatic heterocycles. The van der Waals surface area contributed by atoms with Crippen molar-refractivity contribution in [2.45, 2.75) is 25.8 Å². The lowest BCUT2D eigenvalue weighted by Crippen LogP contribution is -2.49. The van der Waals surface area contributed by atoms with Crippen LogP contribution in [0.2, 0.25) is 0 Å². The van der Waals surface area contributed by atoms with Crippen LogP contribution in [0.3, 0.4) is 0 Å². The summed E-state index contributed by atoms with van der Waals surface area (Å²) in [6.07, 6.45) is 10.2. The highest BCUT2D eigenvalue weighted by Crippen LogP contribution is 2.53. The van der Waals surface area contributed by atoms with E-state index in [-0.39, 0.29) is 11.3 Å². The van der Waals surface area contributed by atoms with Gasteiger partial charge in [0.25, 0.3) is 0 Å². The van der Waals surface area contributed by atoms with Crippen molar-refractivity contribution < 1.29 is 4.79 Å². The normalized spacial score (nSPS) is 34.5. The second-order valence-electron chi connectivity index (χ2n) is 6.78. The number of nitriles is 1. The SMILES string of the molecule is C[C@@]1(C(=O)N2c3ccccc3C=C[C@@H]2C#N)C[C@H]2C=C[C@H]1C2. The lowest BCUT2D eigenvalue weighted by molar-refractivity contribution is -0.128. The molecule has 2 aliphatic carbocycles. The third kappa shape index (κ3) is 1.70. The van der Waals surface area contributed by atoms with E-state index in [0.29, 0.717) is 11.8 Å².